The van der Waals surface area contributed by atoms with Gasteiger partial charge in [0.1, 0.15) is 5.60 Å². The number of hydrogen-bond acceptors (Lipinski definition) is 6. The number of H-pyrrole nitrogens is 1. The number of hydrogen-bond donors (Lipinski definition) is 3. The summed E-state index contributed by atoms with van der Waals surface area (Å²) in [4.78, 5) is 27.1. The lowest BCUT2D eigenvalue weighted by molar-refractivity contribution is -0.140. The molecule has 8 nitrogen and oxygen atoms in total. The van der Waals surface area contributed by atoms with E-state index in [2.05, 4.69) is 25.3 Å². The third-order valence-corrected chi connectivity index (χ3v) is 4.44. The number of anilines is 2. The molecule has 0 fully saturated rings. The summed E-state index contributed by atoms with van der Waals surface area (Å²) in [6, 6.07) is 15.8. The molecule has 3 N–H and O–H groups in total. The Morgan fingerprint density at radius 2 is 1.77 bits per heavy atom. The molecule has 152 valence electrons. The van der Waals surface area contributed by atoms with Gasteiger partial charge in [-0.15, -0.1) is 0 Å². The predicted octanol–water partition coefficient (Wildman–Crippen LogP) is 4.40. The van der Waals surface area contributed by atoms with Crippen LogP contribution in [0.15, 0.2) is 60.9 Å². The topological polar surface area (TPSA) is 113 Å². The summed E-state index contributed by atoms with van der Waals surface area (Å²) in [5.74, 6) is -0.259. The second kappa shape index (κ2) is 7.82. The van der Waals surface area contributed by atoms with Crippen LogP contribution in [0.5, 0.6) is 6.01 Å². The second-order valence-corrected chi connectivity index (χ2v) is 7.49. The van der Waals surface area contributed by atoms with Crippen molar-refractivity contribution in [2.45, 2.75) is 25.9 Å². The Balaban J connectivity index is 1.44. The molecule has 0 aliphatic heterocycles. The molecule has 4 rings (SSSR count). The van der Waals surface area contributed by atoms with Crippen LogP contribution in [0.4, 0.5) is 11.6 Å². The van der Waals surface area contributed by atoms with Crippen molar-refractivity contribution in [1.29, 1.82) is 0 Å². The molecule has 0 atom stereocenters. The number of aromatic nitrogens is 4. The van der Waals surface area contributed by atoms with Crippen molar-refractivity contribution in [3.63, 3.8) is 0 Å². The minimum atomic E-state index is -0.937. The fraction of sp³-hybridized carbons (Fsp3) is 0.182. The lowest BCUT2D eigenvalue weighted by atomic mass is 10.1. The van der Waals surface area contributed by atoms with Crippen molar-refractivity contribution in [3.05, 3.63) is 60.9 Å². The lowest BCUT2D eigenvalue weighted by Crippen LogP contribution is -2.32. The van der Waals surface area contributed by atoms with E-state index < -0.39 is 11.6 Å². The van der Waals surface area contributed by atoms with E-state index in [0.29, 0.717) is 5.95 Å². The number of rotatable bonds is 7. The fourth-order valence-electron chi connectivity index (χ4n) is 3.06. The Morgan fingerprint density at radius 1 is 1.07 bits per heavy atom. The number of carbonyl (C=O) groups is 1. The van der Waals surface area contributed by atoms with Gasteiger partial charge in [0.15, 0.2) is 0 Å². The molecule has 0 radical (unpaired) electrons. The maximum absolute atomic E-state index is 10.9. The van der Waals surface area contributed by atoms with E-state index in [1.165, 1.54) is 0 Å². The Kier molecular flexibility index (Phi) is 5.05. The maximum atomic E-state index is 10.9. The van der Waals surface area contributed by atoms with Crippen molar-refractivity contribution < 1.29 is 14.6 Å². The monoisotopic (exact) mass is 403 g/mol. The first-order valence-corrected chi connectivity index (χ1v) is 9.43. The van der Waals surface area contributed by atoms with E-state index in [9.17, 15) is 4.79 Å². The summed E-state index contributed by atoms with van der Waals surface area (Å²) in [6.45, 7) is 3.37. The van der Waals surface area contributed by atoms with Crippen LogP contribution in [-0.4, -0.2) is 36.6 Å². The van der Waals surface area contributed by atoms with Crippen molar-refractivity contribution in [2.75, 3.05) is 5.32 Å². The highest BCUT2D eigenvalue weighted by Gasteiger charge is 2.25. The molecule has 4 aromatic rings. The number of aromatic amines is 1. The first-order valence-electron chi connectivity index (χ1n) is 9.43. The minimum Gasteiger partial charge on any atom is -0.481 e. The van der Waals surface area contributed by atoms with Gasteiger partial charge in [0.25, 0.3) is 0 Å². The third-order valence-electron chi connectivity index (χ3n) is 4.44. The highest BCUT2D eigenvalue weighted by atomic mass is 16.5. The zero-order valence-electron chi connectivity index (χ0n) is 16.6. The largest absolute Gasteiger partial charge is 0.481 e. The predicted molar refractivity (Wildman–Crippen MR) is 114 cm³/mol. The molecule has 0 spiro atoms. The highest BCUT2D eigenvalue weighted by molar-refractivity contribution is 5.78. The zero-order chi connectivity index (χ0) is 21.1. The number of benzene rings is 2. The van der Waals surface area contributed by atoms with E-state index in [0.717, 1.165) is 27.8 Å². The molecule has 0 saturated carbocycles. The number of aliphatic carboxylic acids is 1. The first kappa shape index (κ1) is 19.4. The SMILES string of the molecule is CC(C)(CC(=O)O)Oc1ncc(-c2ccc(Nc3nc4ccccc4[nH]3)cc2)cn1. The molecular formula is C22H21N5O3. The number of fused-ring (bicyclic) bond motifs is 1. The molecule has 0 unspecified atom stereocenters. The van der Waals surface area contributed by atoms with Crippen molar-refractivity contribution in [1.82, 2.24) is 19.9 Å². The molecular weight excluding hydrogens is 382 g/mol. The molecule has 2 aromatic carbocycles. The van der Waals surface area contributed by atoms with Crippen LogP contribution >= 0.6 is 0 Å². The van der Waals surface area contributed by atoms with Crippen LogP contribution in [0.2, 0.25) is 0 Å². The maximum Gasteiger partial charge on any atom is 0.316 e. The number of nitrogens with one attached hydrogen (secondary N) is 2. The van der Waals surface area contributed by atoms with Gasteiger partial charge in [0.05, 0.1) is 17.5 Å². The van der Waals surface area contributed by atoms with Gasteiger partial charge >= 0.3 is 12.0 Å². The van der Waals surface area contributed by atoms with Gasteiger partial charge in [-0.3, -0.25) is 4.79 Å². The molecule has 2 aromatic heterocycles. The highest BCUT2D eigenvalue weighted by Crippen LogP contribution is 2.24. The van der Waals surface area contributed by atoms with Gasteiger partial charge in [-0.05, 0) is 43.7 Å². The molecule has 0 amide bonds. The molecule has 0 bridgehead atoms. The summed E-state index contributed by atoms with van der Waals surface area (Å²) >= 11 is 0. The molecule has 2 heterocycles. The normalized spacial score (nSPS) is 11.4. The summed E-state index contributed by atoms with van der Waals surface area (Å²) in [6.07, 6.45) is 3.17. The average molecular weight is 403 g/mol. The Bertz CT molecular complexity index is 1130. The minimum absolute atomic E-state index is 0.141. The van der Waals surface area contributed by atoms with Gasteiger partial charge < -0.3 is 20.1 Å². The number of carboxylic acids is 1. The van der Waals surface area contributed by atoms with Crippen LogP contribution in [0.3, 0.4) is 0 Å². The summed E-state index contributed by atoms with van der Waals surface area (Å²) in [7, 11) is 0. The van der Waals surface area contributed by atoms with E-state index in [1.807, 2.05) is 48.5 Å². The van der Waals surface area contributed by atoms with Gasteiger partial charge in [-0.25, -0.2) is 15.0 Å². The lowest BCUT2D eigenvalue weighted by Gasteiger charge is -2.22. The van der Waals surface area contributed by atoms with E-state index in [4.69, 9.17) is 9.84 Å². The quantitative estimate of drug-likeness (QED) is 0.419. The second-order valence-electron chi connectivity index (χ2n) is 7.49. The number of ether oxygens (including phenoxy) is 1. The Labute approximate surface area is 173 Å². The van der Waals surface area contributed by atoms with E-state index >= 15 is 0 Å². The first-order chi connectivity index (χ1) is 14.4. The van der Waals surface area contributed by atoms with Crippen molar-refractivity contribution in [2.24, 2.45) is 0 Å². The fourth-order valence-corrected chi connectivity index (χ4v) is 3.06. The van der Waals surface area contributed by atoms with Crippen LogP contribution < -0.4 is 10.1 Å². The number of imidazole rings is 1. The summed E-state index contributed by atoms with van der Waals surface area (Å²) in [5, 5.41) is 12.2. The van der Waals surface area contributed by atoms with Crippen molar-refractivity contribution in [3.8, 4) is 17.1 Å². The molecule has 30 heavy (non-hydrogen) atoms. The smallest absolute Gasteiger partial charge is 0.316 e. The van der Waals surface area contributed by atoms with Gasteiger partial charge in [0, 0.05) is 23.6 Å². The van der Waals surface area contributed by atoms with E-state index in [-0.39, 0.29) is 12.4 Å². The van der Waals surface area contributed by atoms with Gasteiger partial charge in [0.2, 0.25) is 5.95 Å². The Hall–Kier alpha value is -3.94. The number of carboxylic acid groups (broad SMARTS) is 1. The molecule has 0 aliphatic carbocycles. The van der Waals surface area contributed by atoms with E-state index in [1.54, 1.807) is 26.2 Å². The van der Waals surface area contributed by atoms with Gasteiger partial charge in [-0.1, -0.05) is 24.3 Å². The number of nitrogens with zero attached hydrogens (tertiary/aromatic N) is 3. The average Bonchev–Trinajstić information content (AvgIpc) is 3.10. The standard InChI is InChI=1S/C22H21N5O3/c1-22(2,11-19(28)29)30-21-23-12-15(13-24-21)14-7-9-16(10-8-14)25-20-26-17-5-3-4-6-18(17)27-20/h3-10,12-13H,11H2,1-2H3,(H,28,29)(H2,25,26,27). The van der Waals surface area contributed by atoms with Crippen LogP contribution in [-0.2, 0) is 4.79 Å². The zero-order valence-corrected chi connectivity index (χ0v) is 16.6. The summed E-state index contributed by atoms with van der Waals surface area (Å²) in [5.41, 5.74) is 3.66. The summed E-state index contributed by atoms with van der Waals surface area (Å²) < 4.78 is 5.59. The molecule has 0 saturated heterocycles. The molecule has 8 heteroatoms. The third kappa shape index (κ3) is 4.54. The Morgan fingerprint density at radius 3 is 2.43 bits per heavy atom. The van der Waals surface area contributed by atoms with Crippen molar-refractivity contribution >= 4 is 28.6 Å². The van der Waals surface area contributed by atoms with Crippen LogP contribution in [0, 0.1) is 0 Å². The number of para-hydroxylation sites is 2. The van der Waals surface area contributed by atoms with Crippen LogP contribution in [0.25, 0.3) is 22.2 Å². The van der Waals surface area contributed by atoms with Gasteiger partial charge in [-0.2, -0.15) is 0 Å². The molecule has 0 aliphatic rings. The van der Waals surface area contributed by atoms with Crippen LogP contribution in [0.1, 0.15) is 20.3 Å².